The van der Waals surface area contributed by atoms with Gasteiger partial charge in [-0.15, -0.1) is 0 Å². The molecule has 27 heavy (non-hydrogen) atoms. The van der Waals surface area contributed by atoms with Gasteiger partial charge in [-0.1, -0.05) is 13.3 Å². The van der Waals surface area contributed by atoms with Gasteiger partial charge in [0.05, 0.1) is 24.3 Å². The van der Waals surface area contributed by atoms with Crippen LogP contribution in [0.15, 0.2) is 12.3 Å². The van der Waals surface area contributed by atoms with E-state index in [2.05, 4.69) is 10.4 Å². The lowest BCUT2D eigenvalue weighted by atomic mass is 9.95. The molecule has 7 heteroatoms. The summed E-state index contributed by atoms with van der Waals surface area (Å²) in [5, 5.41) is 8.03. The molecule has 3 rings (SSSR count). The monoisotopic (exact) mass is 372 g/mol. The molecular formula is C20H28N4O3. The third-order valence-corrected chi connectivity index (χ3v) is 5.09. The van der Waals surface area contributed by atoms with E-state index in [1.807, 2.05) is 31.5 Å². The third kappa shape index (κ3) is 3.68. The van der Waals surface area contributed by atoms with Crippen molar-refractivity contribution in [1.82, 2.24) is 20.1 Å². The number of esters is 1. The highest BCUT2D eigenvalue weighted by atomic mass is 16.5. The Balaban J connectivity index is 2.04. The van der Waals surface area contributed by atoms with Crippen LogP contribution in [0.2, 0.25) is 0 Å². The highest BCUT2D eigenvalue weighted by molar-refractivity contribution is 6.07. The number of hydrogen-bond acceptors (Lipinski definition) is 5. The molecule has 1 amide bonds. The van der Waals surface area contributed by atoms with Crippen molar-refractivity contribution in [2.75, 3.05) is 7.11 Å². The van der Waals surface area contributed by atoms with Crippen LogP contribution in [0, 0.1) is 0 Å². The number of nitrogens with zero attached hydrogens (tertiary/aromatic N) is 3. The fourth-order valence-corrected chi connectivity index (χ4v) is 3.45. The molecule has 0 aromatic carbocycles. The number of carbonyl (C=O) groups excluding carboxylic acids is 2. The van der Waals surface area contributed by atoms with E-state index in [0.717, 1.165) is 30.6 Å². The Morgan fingerprint density at radius 1 is 1.41 bits per heavy atom. The Hall–Kier alpha value is -2.44. The van der Waals surface area contributed by atoms with Gasteiger partial charge in [0.1, 0.15) is 5.54 Å². The smallest absolute Gasteiger partial charge is 0.331 e. The number of aromatic nitrogens is 3. The molecule has 1 atom stereocenters. The zero-order valence-corrected chi connectivity index (χ0v) is 16.7. The highest BCUT2D eigenvalue weighted by Crippen LogP contribution is 2.40. The van der Waals surface area contributed by atoms with Crippen molar-refractivity contribution in [3.63, 3.8) is 0 Å². The lowest BCUT2D eigenvalue weighted by Crippen LogP contribution is -2.52. The number of nitrogens with one attached hydrogen (secondary N) is 1. The first-order valence-corrected chi connectivity index (χ1v) is 9.59. The maximum atomic E-state index is 13.2. The summed E-state index contributed by atoms with van der Waals surface area (Å²) in [5.74, 6) is -0.337. The standard InChI is InChI=1S/C20H28N4O3/c1-6-9-20(4,19(26)27-5)23-18(25)14-10-16(13-7-8-13)22-17-15(14)11-21-24(17)12(2)3/h10-13H,6-9H2,1-5H3,(H,23,25). The zero-order valence-electron chi connectivity index (χ0n) is 16.7. The van der Waals surface area contributed by atoms with E-state index >= 15 is 0 Å². The highest BCUT2D eigenvalue weighted by Gasteiger charge is 2.36. The summed E-state index contributed by atoms with van der Waals surface area (Å²) >= 11 is 0. The Morgan fingerprint density at radius 2 is 2.11 bits per heavy atom. The first-order valence-electron chi connectivity index (χ1n) is 9.59. The fraction of sp³-hybridized carbons (Fsp3) is 0.600. The van der Waals surface area contributed by atoms with Gasteiger partial charge in [-0.05, 0) is 46.1 Å². The predicted octanol–water partition coefficient (Wildman–Crippen LogP) is 3.35. The van der Waals surface area contributed by atoms with Crippen LogP contribution in [0.25, 0.3) is 11.0 Å². The normalized spacial score (nSPS) is 16.4. The van der Waals surface area contributed by atoms with Gasteiger partial charge >= 0.3 is 5.97 Å². The number of pyridine rings is 1. The van der Waals surface area contributed by atoms with E-state index in [4.69, 9.17) is 9.72 Å². The van der Waals surface area contributed by atoms with Gasteiger partial charge in [-0.25, -0.2) is 14.5 Å². The summed E-state index contributed by atoms with van der Waals surface area (Å²) in [6, 6.07) is 1.99. The molecule has 0 spiro atoms. The second-order valence-corrected chi connectivity index (χ2v) is 7.82. The van der Waals surface area contributed by atoms with Gasteiger partial charge in [0, 0.05) is 17.7 Å². The SMILES string of the molecule is CCCC(C)(NC(=O)c1cc(C2CC2)nc2c1cnn2C(C)C)C(=O)OC. The van der Waals surface area contributed by atoms with Gasteiger partial charge in [0.2, 0.25) is 0 Å². The number of ether oxygens (including phenoxy) is 1. The maximum Gasteiger partial charge on any atom is 0.331 e. The van der Waals surface area contributed by atoms with Crippen molar-refractivity contribution in [3.05, 3.63) is 23.5 Å². The summed E-state index contributed by atoms with van der Waals surface area (Å²) in [6.07, 6.45) is 5.11. The molecule has 2 aromatic heterocycles. The minimum atomic E-state index is -1.07. The molecule has 146 valence electrons. The molecule has 1 N–H and O–H groups in total. The summed E-state index contributed by atoms with van der Waals surface area (Å²) in [5.41, 5.74) is 1.09. The Labute approximate surface area is 159 Å². The largest absolute Gasteiger partial charge is 0.467 e. The van der Waals surface area contributed by atoms with E-state index in [0.29, 0.717) is 23.3 Å². The molecule has 0 saturated heterocycles. The van der Waals surface area contributed by atoms with Crippen molar-refractivity contribution in [2.24, 2.45) is 0 Å². The number of fused-ring (bicyclic) bond motifs is 1. The van der Waals surface area contributed by atoms with Crippen LogP contribution in [0.1, 0.15) is 81.4 Å². The van der Waals surface area contributed by atoms with Crippen LogP contribution in [0.4, 0.5) is 0 Å². The molecular weight excluding hydrogens is 344 g/mol. The lowest BCUT2D eigenvalue weighted by Gasteiger charge is -2.27. The molecule has 2 heterocycles. The fourth-order valence-electron chi connectivity index (χ4n) is 3.45. The molecule has 2 aromatic rings. The predicted molar refractivity (Wildman–Crippen MR) is 103 cm³/mol. The summed E-state index contributed by atoms with van der Waals surface area (Å²) < 4.78 is 6.75. The Bertz CT molecular complexity index is 869. The van der Waals surface area contributed by atoms with Crippen molar-refractivity contribution >= 4 is 22.9 Å². The zero-order chi connectivity index (χ0) is 19.8. The lowest BCUT2D eigenvalue weighted by molar-refractivity contribution is -0.147. The number of methoxy groups -OCH3 is 1. The van der Waals surface area contributed by atoms with Crippen LogP contribution in [-0.2, 0) is 9.53 Å². The van der Waals surface area contributed by atoms with Crippen molar-refractivity contribution in [1.29, 1.82) is 0 Å². The molecule has 1 unspecified atom stereocenters. The molecule has 0 bridgehead atoms. The van der Waals surface area contributed by atoms with Crippen LogP contribution in [0.5, 0.6) is 0 Å². The van der Waals surface area contributed by atoms with Crippen LogP contribution >= 0.6 is 0 Å². The van der Waals surface area contributed by atoms with Crippen LogP contribution in [-0.4, -0.2) is 39.3 Å². The topological polar surface area (TPSA) is 86.1 Å². The average Bonchev–Trinajstić information content (AvgIpc) is 3.38. The van der Waals surface area contributed by atoms with Gasteiger partial charge in [-0.3, -0.25) is 4.79 Å². The van der Waals surface area contributed by atoms with Gasteiger partial charge in [0.15, 0.2) is 5.65 Å². The molecule has 1 fully saturated rings. The minimum absolute atomic E-state index is 0.140. The van der Waals surface area contributed by atoms with Crippen LogP contribution < -0.4 is 5.32 Å². The van der Waals surface area contributed by atoms with Crippen molar-refractivity contribution in [2.45, 2.75) is 70.9 Å². The second-order valence-electron chi connectivity index (χ2n) is 7.82. The molecule has 7 nitrogen and oxygen atoms in total. The Morgan fingerprint density at radius 3 is 2.67 bits per heavy atom. The molecule has 1 saturated carbocycles. The first-order chi connectivity index (χ1) is 12.8. The van der Waals surface area contributed by atoms with Gasteiger partial charge in [-0.2, -0.15) is 5.10 Å². The van der Waals surface area contributed by atoms with Crippen molar-refractivity contribution < 1.29 is 14.3 Å². The van der Waals surface area contributed by atoms with E-state index in [1.165, 1.54) is 7.11 Å². The third-order valence-electron chi connectivity index (χ3n) is 5.09. The van der Waals surface area contributed by atoms with Gasteiger partial charge < -0.3 is 10.1 Å². The van der Waals surface area contributed by atoms with E-state index in [1.54, 1.807) is 13.1 Å². The number of carbonyl (C=O) groups is 2. The second kappa shape index (κ2) is 7.29. The van der Waals surface area contributed by atoms with E-state index < -0.39 is 11.5 Å². The van der Waals surface area contributed by atoms with E-state index in [-0.39, 0.29) is 11.9 Å². The van der Waals surface area contributed by atoms with E-state index in [9.17, 15) is 9.59 Å². The molecule has 0 aliphatic heterocycles. The first kappa shape index (κ1) is 19.3. The average molecular weight is 372 g/mol. The molecule has 0 radical (unpaired) electrons. The van der Waals surface area contributed by atoms with Gasteiger partial charge in [0.25, 0.3) is 5.91 Å². The molecule has 1 aliphatic carbocycles. The number of rotatable bonds is 7. The summed E-state index contributed by atoms with van der Waals surface area (Å²) in [7, 11) is 1.34. The molecule has 1 aliphatic rings. The summed E-state index contributed by atoms with van der Waals surface area (Å²) in [4.78, 5) is 30.2. The number of hydrogen-bond donors (Lipinski definition) is 1. The number of amides is 1. The Kier molecular flexibility index (Phi) is 5.22. The maximum absolute atomic E-state index is 13.2. The quantitative estimate of drug-likeness (QED) is 0.753. The van der Waals surface area contributed by atoms with Crippen molar-refractivity contribution in [3.8, 4) is 0 Å². The summed E-state index contributed by atoms with van der Waals surface area (Å²) in [6.45, 7) is 7.74. The van der Waals surface area contributed by atoms with Crippen LogP contribution in [0.3, 0.4) is 0 Å². The minimum Gasteiger partial charge on any atom is -0.467 e.